The number of hydrogen-bond donors (Lipinski definition) is 3. The number of aliphatic hydroxyl groups excluding tert-OH is 1. The summed E-state index contributed by atoms with van der Waals surface area (Å²) in [5, 5.41) is 28.0. The molecule has 4 unspecified atom stereocenters. The van der Waals surface area contributed by atoms with E-state index in [-0.39, 0.29) is 0 Å². The van der Waals surface area contributed by atoms with Crippen LogP contribution in [0.1, 0.15) is 13.8 Å². The molecule has 4 nitrogen and oxygen atoms in total. The van der Waals surface area contributed by atoms with Gasteiger partial charge >= 0.3 is 0 Å². The molecule has 5 heteroatoms. The van der Waals surface area contributed by atoms with Crippen LogP contribution in [0.5, 0.6) is 0 Å². The molecule has 0 saturated carbocycles. The predicted molar refractivity (Wildman–Crippen MR) is 37.9 cm³/mol. The Morgan fingerprint density at radius 1 is 1.27 bits per heavy atom. The van der Waals surface area contributed by atoms with Crippen LogP contribution in [-0.4, -0.2) is 46.7 Å². The molecule has 1 fully saturated rings. The molecule has 0 aromatic heterocycles. The summed E-state index contributed by atoms with van der Waals surface area (Å²) in [6.45, 7) is 2.58. The highest BCUT2D eigenvalue weighted by Gasteiger charge is 2.57. The molecule has 2 radical (unpaired) electrons. The second-order valence-electron chi connectivity index (χ2n) is 3.20. The minimum Gasteiger partial charge on any atom is -0.385 e. The smallest absolute Gasteiger partial charge is 0.185 e. The topological polar surface area (TPSA) is 69.9 Å². The van der Waals surface area contributed by atoms with Crippen LogP contribution in [-0.2, 0) is 4.74 Å². The Kier molecular flexibility index (Phi) is 1.80. The van der Waals surface area contributed by atoms with Gasteiger partial charge in [0.1, 0.15) is 19.0 Å². The Morgan fingerprint density at radius 2 is 1.73 bits per heavy atom. The van der Waals surface area contributed by atoms with E-state index in [1.807, 2.05) is 0 Å². The van der Waals surface area contributed by atoms with Gasteiger partial charge in [0.2, 0.25) is 0 Å². The van der Waals surface area contributed by atoms with Gasteiger partial charge in [-0.1, -0.05) is 0 Å². The van der Waals surface area contributed by atoms with Crippen molar-refractivity contribution in [2.45, 2.75) is 37.3 Å². The lowest BCUT2D eigenvalue weighted by Crippen LogP contribution is -2.55. The molecular weight excluding hydrogens is 147 g/mol. The quantitative estimate of drug-likeness (QED) is 0.368. The van der Waals surface area contributed by atoms with Gasteiger partial charge in [-0.3, -0.25) is 0 Å². The first-order chi connectivity index (χ1) is 4.80. The lowest BCUT2D eigenvalue weighted by Gasteiger charge is -2.33. The fraction of sp³-hybridized carbons (Fsp3) is 1.00. The highest BCUT2D eigenvalue weighted by atomic mass is 16.6. The number of rotatable bonds is 0. The average Bonchev–Trinajstić information content (AvgIpc) is 1.95. The van der Waals surface area contributed by atoms with Gasteiger partial charge in [0, 0.05) is 0 Å². The molecule has 1 saturated heterocycles. The van der Waals surface area contributed by atoms with Gasteiger partial charge < -0.3 is 20.1 Å². The number of hydrogen-bond acceptors (Lipinski definition) is 4. The Balaban J connectivity index is 2.95. The van der Waals surface area contributed by atoms with Crippen molar-refractivity contribution in [1.29, 1.82) is 0 Å². The molecular formula is C6H11BO4. The van der Waals surface area contributed by atoms with Crippen molar-refractivity contribution in [3.05, 3.63) is 0 Å². The molecule has 1 heterocycles. The van der Waals surface area contributed by atoms with E-state index in [4.69, 9.17) is 13.0 Å². The van der Waals surface area contributed by atoms with Crippen molar-refractivity contribution in [2.24, 2.45) is 0 Å². The van der Waals surface area contributed by atoms with E-state index in [1.54, 1.807) is 0 Å². The van der Waals surface area contributed by atoms with E-state index in [1.165, 1.54) is 13.8 Å². The van der Waals surface area contributed by atoms with E-state index in [0.717, 1.165) is 0 Å². The summed E-state index contributed by atoms with van der Waals surface area (Å²) in [5.74, 6) is 0. The number of aliphatic hydroxyl groups is 3. The van der Waals surface area contributed by atoms with Crippen LogP contribution in [0, 0.1) is 0 Å². The maximum Gasteiger partial charge on any atom is 0.185 e. The second kappa shape index (κ2) is 2.20. The van der Waals surface area contributed by atoms with Crippen molar-refractivity contribution in [2.75, 3.05) is 0 Å². The van der Waals surface area contributed by atoms with Gasteiger partial charge in [-0.25, -0.2) is 0 Å². The summed E-state index contributed by atoms with van der Waals surface area (Å²) < 4.78 is 4.62. The first kappa shape index (κ1) is 9.00. The van der Waals surface area contributed by atoms with Crippen LogP contribution >= 0.6 is 0 Å². The minimum absolute atomic E-state index is 1.06. The first-order valence-electron chi connectivity index (χ1n) is 3.34. The van der Waals surface area contributed by atoms with Crippen molar-refractivity contribution in [3.63, 3.8) is 0 Å². The molecule has 1 rings (SSSR count). The SMILES string of the molecule is [B]C1OC(O)C(C)(O)C1(C)O. The van der Waals surface area contributed by atoms with E-state index in [0.29, 0.717) is 0 Å². The molecule has 0 aliphatic carbocycles. The zero-order valence-electron chi connectivity index (χ0n) is 6.48. The minimum atomic E-state index is -1.72. The predicted octanol–water partition coefficient (Wildman–Crippen LogP) is -1.67. The fourth-order valence-electron chi connectivity index (χ4n) is 0.942. The van der Waals surface area contributed by atoms with Crippen molar-refractivity contribution < 1.29 is 20.1 Å². The highest BCUT2D eigenvalue weighted by Crippen LogP contribution is 2.36. The van der Waals surface area contributed by atoms with Gasteiger partial charge in [-0.2, -0.15) is 0 Å². The maximum atomic E-state index is 9.50. The average molecular weight is 158 g/mol. The molecule has 0 amide bonds. The summed E-state index contributed by atoms with van der Waals surface area (Å²) in [7, 11) is 5.29. The third kappa shape index (κ3) is 0.998. The van der Waals surface area contributed by atoms with Gasteiger partial charge in [0.25, 0.3) is 0 Å². The van der Waals surface area contributed by atoms with Crippen LogP contribution in [0.2, 0.25) is 0 Å². The first-order valence-corrected chi connectivity index (χ1v) is 3.34. The molecule has 62 valence electrons. The standard InChI is InChI=1S/C6H11BO4/c1-5(9)3(7)11-4(8)6(5,2)10/h3-4,8-10H,1-2H3. The summed E-state index contributed by atoms with van der Waals surface area (Å²) in [6, 6.07) is -1.06. The summed E-state index contributed by atoms with van der Waals surface area (Å²) in [6.07, 6.45) is -1.44. The van der Waals surface area contributed by atoms with E-state index in [2.05, 4.69) is 4.74 Å². The van der Waals surface area contributed by atoms with Gasteiger partial charge in [-0.15, -0.1) is 0 Å². The Hall–Kier alpha value is -0.0951. The largest absolute Gasteiger partial charge is 0.385 e. The van der Waals surface area contributed by atoms with Gasteiger partial charge in [0.15, 0.2) is 6.29 Å². The summed E-state index contributed by atoms with van der Waals surface area (Å²) in [5.41, 5.74) is -3.33. The number of ether oxygens (including phenoxy) is 1. The molecule has 0 bridgehead atoms. The van der Waals surface area contributed by atoms with Crippen LogP contribution in [0.25, 0.3) is 0 Å². The van der Waals surface area contributed by atoms with Crippen LogP contribution in [0.3, 0.4) is 0 Å². The monoisotopic (exact) mass is 158 g/mol. The van der Waals surface area contributed by atoms with Crippen LogP contribution in [0.4, 0.5) is 0 Å². The zero-order chi connectivity index (χ0) is 8.86. The van der Waals surface area contributed by atoms with Gasteiger partial charge in [-0.05, 0) is 13.8 Å². The van der Waals surface area contributed by atoms with E-state index >= 15 is 0 Å². The lowest BCUT2D eigenvalue weighted by atomic mass is 9.76. The highest BCUT2D eigenvalue weighted by molar-refractivity contribution is 6.12. The summed E-state index contributed by atoms with van der Waals surface area (Å²) >= 11 is 0. The third-order valence-corrected chi connectivity index (χ3v) is 2.34. The van der Waals surface area contributed by atoms with Crippen molar-refractivity contribution in [3.8, 4) is 0 Å². The third-order valence-electron chi connectivity index (χ3n) is 2.34. The van der Waals surface area contributed by atoms with E-state index in [9.17, 15) is 10.2 Å². The van der Waals surface area contributed by atoms with Crippen LogP contribution in [0.15, 0.2) is 0 Å². The molecule has 0 aromatic carbocycles. The lowest BCUT2D eigenvalue weighted by molar-refractivity contribution is -0.179. The molecule has 0 aromatic rings. The summed E-state index contributed by atoms with van der Waals surface area (Å²) in [4.78, 5) is 0. The van der Waals surface area contributed by atoms with Crippen molar-refractivity contribution >= 4 is 7.85 Å². The molecule has 11 heavy (non-hydrogen) atoms. The van der Waals surface area contributed by atoms with Crippen LogP contribution < -0.4 is 0 Å². The molecule has 1 aliphatic rings. The molecule has 1 aliphatic heterocycles. The zero-order valence-corrected chi connectivity index (χ0v) is 6.48. The molecule has 4 atom stereocenters. The Bertz CT molecular complexity index is 150. The second-order valence-corrected chi connectivity index (χ2v) is 3.20. The van der Waals surface area contributed by atoms with Crippen molar-refractivity contribution in [1.82, 2.24) is 0 Å². The molecule has 0 spiro atoms. The fourth-order valence-corrected chi connectivity index (χ4v) is 0.942. The van der Waals surface area contributed by atoms with E-state index < -0.39 is 23.5 Å². The Labute approximate surface area is 66.2 Å². The normalized spacial score (nSPS) is 58.3. The van der Waals surface area contributed by atoms with Gasteiger partial charge in [0.05, 0.1) is 6.00 Å². The maximum absolute atomic E-state index is 9.50. The molecule has 3 N–H and O–H groups in total. The Morgan fingerprint density at radius 3 is 1.82 bits per heavy atom.